The van der Waals surface area contributed by atoms with Crippen molar-refractivity contribution in [3.63, 3.8) is 0 Å². The first kappa shape index (κ1) is 25.9. The van der Waals surface area contributed by atoms with Crippen molar-refractivity contribution < 1.29 is 9.47 Å². The zero-order valence-electron chi connectivity index (χ0n) is 18.6. The zero-order chi connectivity index (χ0) is 21.9. The van der Waals surface area contributed by atoms with Gasteiger partial charge in [-0.25, -0.2) is 9.97 Å². The number of nitrogens with one attached hydrogen (secondary N) is 2. The highest BCUT2D eigenvalue weighted by Crippen LogP contribution is 2.31. The van der Waals surface area contributed by atoms with E-state index in [1.54, 1.807) is 24.6 Å². The van der Waals surface area contributed by atoms with E-state index in [0.717, 1.165) is 35.7 Å². The summed E-state index contributed by atoms with van der Waals surface area (Å²) in [6.07, 6.45) is 3.50. The van der Waals surface area contributed by atoms with Gasteiger partial charge >= 0.3 is 0 Å². The second kappa shape index (κ2) is 13.9. The Morgan fingerprint density at radius 3 is 2.66 bits per heavy atom. The quantitative estimate of drug-likeness (QED) is 0.205. The predicted octanol–water partition coefficient (Wildman–Crippen LogP) is 4.95. The Kier molecular flexibility index (Phi) is 11.2. The Morgan fingerprint density at radius 2 is 1.94 bits per heavy atom. The molecule has 172 valence electrons. The summed E-state index contributed by atoms with van der Waals surface area (Å²) < 4.78 is 11.9. The fourth-order valence-corrected chi connectivity index (χ4v) is 3.50. The number of guanidine groups is 1. The Hall–Kier alpha value is -2.40. The molecule has 0 saturated carbocycles. The average molecular weight is 567 g/mol. The third kappa shape index (κ3) is 7.94. The van der Waals surface area contributed by atoms with Gasteiger partial charge in [-0.2, -0.15) is 0 Å². The minimum atomic E-state index is 0. The molecule has 0 aliphatic carbocycles. The van der Waals surface area contributed by atoms with Crippen molar-refractivity contribution in [1.29, 1.82) is 0 Å². The lowest BCUT2D eigenvalue weighted by molar-refractivity contribution is 0.300. The minimum Gasteiger partial charge on any atom is -0.490 e. The van der Waals surface area contributed by atoms with E-state index >= 15 is 0 Å². The van der Waals surface area contributed by atoms with Crippen molar-refractivity contribution in [2.75, 3.05) is 20.2 Å². The maximum Gasteiger partial charge on any atom is 0.224 e. The molecule has 0 radical (unpaired) electrons. The normalized spacial score (nSPS) is 10.9. The molecule has 0 amide bonds. The van der Waals surface area contributed by atoms with Gasteiger partial charge in [0, 0.05) is 43.7 Å². The molecule has 0 aliphatic heterocycles. The van der Waals surface area contributed by atoms with E-state index in [1.807, 2.05) is 43.3 Å². The SMILES string of the molecule is CCCOc1ccccc1Oc1ncccc1CNC(=NC)NCCc1csc(C)n1.I. The first-order chi connectivity index (χ1) is 15.2. The summed E-state index contributed by atoms with van der Waals surface area (Å²) in [5.74, 6) is 2.62. The van der Waals surface area contributed by atoms with Crippen LogP contribution < -0.4 is 20.1 Å². The molecule has 7 nitrogen and oxygen atoms in total. The molecule has 0 aliphatic rings. The molecular weight excluding hydrogens is 537 g/mol. The number of hydrogen-bond donors (Lipinski definition) is 2. The fraction of sp³-hybridized carbons (Fsp3) is 0.348. The molecular formula is C23H30IN5O2S. The summed E-state index contributed by atoms with van der Waals surface area (Å²) in [4.78, 5) is 13.2. The second-order valence-electron chi connectivity index (χ2n) is 6.83. The van der Waals surface area contributed by atoms with Crippen molar-refractivity contribution in [3.05, 3.63) is 64.2 Å². The molecule has 3 rings (SSSR count). The molecule has 0 bridgehead atoms. The van der Waals surface area contributed by atoms with Crippen molar-refractivity contribution in [1.82, 2.24) is 20.6 Å². The Labute approximate surface area is 210 Å². The zero-order valence-corrected chi connectivity index (χ0v) is 21.8. The van der Waals surface area contributed by atoms with Crippen LogP contribution in [0, 0.1) is 6.92 Å². The van der Waals surface area contributed by atoms with Crippen LogP contribution >= 0.6 is 35.3 Å². The van der Waals surface area contributed by atoms with Crippen LogP contribution in [0.25, 0.3) is 0 Å². The van der Waals surface area contributed by atoms with Crippen molar-refractivity contribution >= 4 is 41.3 Å². The van der Waals surface area contributed by atoms with Gasteiger partial charge in [0.05, 0.1) is 17.3 Å². The number of aliphatic imine (C=N–C) groups is 1. The average Bonchev–Trinajstić information content (AvgIpc) is 3.21. The van der Waals surface area contributed by atoms with Crippen LogP contribution in [0.3, 0.4) is 0 Å². The van der Waals surface area contributed by atoms with Crippen LogP contribution in [0.4, 0.5) is 0 Å². The number of para-hydroxylation sites is 2. The molecule has 2 aromatic heterocycles. The summed E-state index contributed by atoms with van der Waals surface area (Å²) in [7, 11) is 1.75. The van der Waals surface area contributed by atoms with E-state index in [-0.39, 0.29) is 24.0 Å². The number of nitrogens with zero attached hydrogens (tertiary/aromatic N) is 3. The molecule has 0 saturated heterocycles. The van der Waals surface area contributed by atoms with E-state index in [9.17, 15) is 0 Å². The maximum absolute atomic E-state index is 6.10. The van der Waals surface area contributed by atoms with Gasteiger partial charge < -0.3 is 20.1 Å². The number of ether oxygens (including phenoxy) is 2. The van der Waals surface area contributed by atoms with Gasteiger partial charge in [-0.3, -0.25) is 4.99 Å². The third-order valence-electron chi connectivity index (χ3n) is 4.38. The van der Waals surface area contributed by atoms with E-state index in [4.69, 9.17) is 9.47 Å². The van der Waals surface area contributed by atoms with E-state index in [1.165, 1.54) is 0 Å². The molecule has 3 aromatic rings. The summed E-state index contributed by atoms with van der Waals surface area (Å²) in [6, 6.07) is 11.5. The topological polar surface area (TPSA) is 80.7 Å². The monoisotopic (exact) mass is 567 g/mol. The molecule has 9 heteroatoms. The third-order valence-corrected chi connectivity index (χ3v) is 5.20. The Balaban J connectivity index is 0.00000363. The van der Waals surface area contributed by atoms with Gasteiger partial charge in [0.15, 0.2) is 17.5 Å². The van der Waals surface area contributed by atoms with Crippen LogP contribution in [0.1, 0.15) is 29.6 Å². The highest BCUT2D eigenvalue weighted by Gasteiger charge is 2.11. The van der Waals surface area contributed by atoms with E-state index in [2.05, 4.69) is 37.9 Å². The number of halogens is 1. The lowest BCUT2D eigenvalue weighted by Crippen LogP contribution is -2.38. The number of aromatic nitrogens is 2. The van der Waals surface area contributed by atoms with Crippen LogP contribution in [0.5, 0.6) is 17.4 Å². The molecule has 1 aromatic carbocycles. The summed E-state index contributed by atoms with van der Waals surface area (Å²) in [5, 5.41) is 9.82. The van der Waals surface area contributed by atoms with Crippen LogP contribution in [-0.2, 0) is 13.0 Å². The first-order valence-electron chi connectivity index (χ1n) is 10.4. The Morgan fingerprint density at radius 1 is 1.12 bits per heavy atom. The van der Waals surface area contributed by atoms with Crippen LogP contribution in [0.2, 0.25) is 0 Å². The Bertz CT molecular complexity index is 996. The summed E-state index contributed by atoms with van der Waals surface area (Å²) >= 11 is 1.67. The van der Waals surface area contributed by atoms with Gasteiger partial charge in [-0.15, -0.1) is 35.3 Å². The molecule has 0 unspecified atom stereocenters. The highest BCUT2D eigenvalue weighted by atomic mass is 127. The van der Waals surface area contributed by atoms with Gasteiger partial charge in [0.25, 0.3) is 0 Å². The smallest absolute Gasteiger partial charge is 0.224 e. The van der Waals surface area contributed by atoms with Gasteiger partial charge in [-0.1, -0.05) is 25.1 Å². The molecule has 0 spiro atoms. The maximum atomic E-state index is 6.10. The number of hydrogen-bond acceptors (Lipinski definition) is 6. The largest absolute Gasteiger partial charge is 0.490 e. The van der Waals surface area contributed by atoms with Crippen molar-refractivity contribution in [3.8, 4) is 17.4 Å². The van der Waals surface area contributed by atoms with E-state index in [0.29, 0.717) is 36.5 Å². The van der Waals surface area contributed by atoms with Gasteiger partial charge in [0.1, 0.15) is 0 Å². The lowest BCUT2D eigenvalue weighted by Gasteiger charge is -2.15. The van der Waals surface area contributed by atoms with E-state index < -0.39 is 0 Å². The lowest BCUT2D eigenvalue weighted by atomic mass is 10.2. The number of benzene rings is 1. The molecule has 0 fully saturated rings. The molecule has 2 N–H and O–H groups in total. The van der Waals surface area contributed by atoms with Gasteiger partial charge in [0.2, 0.25) is 5.88 Å². The van der Waals surface area contributed by atoms with Crippen molar-refractivity contribution in [2.24, 2.45) is 4.99 Å². The predicted molar refractivity (Wildman–Crippen MR) is 141 cm³/mol. The van der Waals surface area contributed by atoms with Crippen molar-refractivity contribution in [2.45, 2.75) is 33.2 Å². The molecule has 0 atom stereocenters. The minimum absolute atomic E-state index is 0. The van der Waals surface area contributed by atoms with Crippen LogP contribution in [0.15, 0.2) is 53.0 Å². The number of thiazole rings is 1. The number of rotatable bonds is 10. The molecule has 2 heterocycles. The summed E-state index contributed by atoms with van der Waals surface area (Å²) in [5.41, 5.74) is 2.02. The standard InChI is InChI=1S/C23H29N5O2S.HI/c1-4-14-29-20-9-5-6-10-21(20)30-22-18(8-7-12-25-22)15-27-23(24-3)26-13-11-19-16-31-17(2)28-19;/h5-10,12,16H,4,11,13-15H2,1-3H3,(H2,24,26,27);1H. The highest BCUT2D eigenvalue weighted by molar-refractivity contribution is 14.0. The van der Waals surface area contributed by atoms with Gasteiger partial charge in [-0.05, 0) is 31.5 Å². The number of pyridine rings is 1. The second-order valence-corrected chi connectivity index (χ2v) is 7.89. The molecule has 32 heavy (non-hydrogen) atoms. The first-order valence-corrected chi connectivity index (χ1v) is 11.3. The number of aryl methyl sites for hydroxylation is 1. The summed E-state index contributed by atoms with van der Waals surface area (Å²) in [6.45, 7) is 6.01. The van der Waals surface area contributed by atoms with Crippen LogP contribution in [-0.4, -0.2) is 36.1 Å². The fourth-order valence-electron chi connectivity index (χ4n) is 2.85.